The molecule has 0 bridgehead atoms. The van der Waals surface area contributed by atoms with E-state index in [0.717, 1.165) is 14.0 Å². The Morgan fingerprint density at radius 3 is 2.54 bits per heavy atom. The van der Waals surface area contributed by atoms with Gasteiger partial charge < -0.3 is 14.7 Å². The van der Waals surface area contributed by atoms with Gasteiger partial charge in [-0.1, -0.05) is 11.6 Å². The molecule has 0 saturated carbocycles. The van der Waals surface area contributed by atoms with Crippen LogP contribution in [0.25, 0.3) is 5.69 Å². The molecule has 0 aliphatic carbocycles. The smallest absolute Gasteiger partial charge is 0.277 e. The number of ketones is 1. The SMILES string of the molecule is BC(O)(Oc1cc(C)n(-c2cc(C(=O)/C=C/N(C)C)ncc2C)c(=O)c1Cl)c1ncc(F)cc1F. The van der Waals surface area contributed by atoms with Crippen LogP contribution in [-0.4, -0.2) is 52.3 Å². The predicted molar refractivity (Wildman–Crippen MR) is 129 cm³/mol. The molecule has 1 atom stereocenters. The monoisotopic (exact) mass is 502 g/mol. The van der Waals surface area contributed by atoms with E-state index in [1.54, 1.807) is 39.0 Å². The number of aryl methyl sites for hydroxylation is 2. The highest BCUT2D eigenvalue weighted by Crippen LogP contribution is 2.30. The van der Waals surface area contributed by atoms with Crippen LogP contribution in [0, 0.1) is 25.5 Å². The van der Waals surface area contributed by atoms with Crippen LogP contribution in [0.2, 0.25) is 5.02 Å². The maximum Gasteiger partial charge on any atom is 0.277 e. The third kappa shape index (κ3) is 5.58. The van der Waals surface area contributed by atoms with Crippen molar-refractivity contribution in [1.82, 2.24) is 19.4 Å². The fourth-order valence-electron chi connectivity index (χ4n) is 3.26. The van der Waals surface area contributed by atoms with E-state index in [1.807, 2.05) is 0 Å². The molecule has 0 aromatic carbocycles. The molecule has 3 aromatic rings. The second-order valence-corrected chi connectivity index (χ2v) is 8.55. The van der Waals surface area contributed by atoms with Crippen LogP contribution in [0.15, 0.2) is 47.7 Å². The number of ether oxygens (including phenoxy) is 1. The number of aromatic nitrogens is 3. The highest BCUT2D eigenvalue weighted by atomic mass is 35.5. The number of carbonyl (C=O) groups excluding carboxylic acids is 1. The van der Waals surface area contributed by atoms with Crippen molar-refractivity contribution in [2.45, 2.75) is 19.5 Å². The van der Waals surface area contributed by atoms with E-state index in [4.69, 9.17) is 16.3 Å². The average molecular weight is 503 g/mol. The second kappa shape index (κ2) is 9.97. The van der Waals surface area contributed by atoms with Crippen molar-refractivity contribution in [3.8, 4) is 11.4 Å². The Labute approximate surface area is 205 Å². The van der Waals surface area contributed by atoms with Gasteiger partial charge in [-0.05, 0) is 25.5 Å². The molecule has 0 amide bonds. The van der Waals surface area contributed by atoms with Gasteiger partial charge in [-0.15, -0.1) is 0 Å². The van der Waals surface area contributed by atoms with Crippen molar-refractivity contribution in [2.75, 3.05) is 14.1 Å². The molecule has 3 heterocycles. The first-order chi connectivity index (χ1) is 16.3. The van der Waals surface area contributed by atoms with Crippen molar-refractivity contribution in [2.24, 2.45) is 0 Å². The molecule has 0 aliphatic rings. The number of carbonyl (C=O) groups is 1. The Morgan fingerprint density at radius 2 is 1.91 bits per heavy atom. The highest BCUT2D eigenvalue weighted by Gasteiger charge is 2.32. The van der Waals surface area contributed by atoms with Gasteiger partial charge in [0.2, 0.25) is 19.3 Å². The van der Waals surface area contributed by atoms with Crippen LogP contribution < -0.4 is 10.3 Å². The molecule has 1 N–H and O–H groups in total. The first-order valence-corrected chi connectivity index (χ1v) is 10.7. The normalized spacial score (nSPS) is 13.0. The van der Waals surface area contributed by atoms with Gasteiger partial charge in [0.05, 0.1) is 11.9 Å². The summed E-state index contributed by atoms with van der Waals surface area (Å²) in [5.41, 5.74) is -2.23. The lowest BCUT2D eigenvalue weighted by molar-refractivity contribution is -0.0736. The number of nitrogens with zero attached hydrogens (tertiary/aromatic N) is 4. The van der Waals surface area contributed by atoms with E-state index in [9.17, 15) is 23.5 Å². The molecule has 12 heteroatoms. The molecule has 0 fully saturated rings. The average Bonchev–Trinajstić information content (AvgIpc) is 2.76. The Kier molecular flexibility index (Phi) is 7.42. The van der Waals surface area contributed by atoms with E-state index >= 15 is 0 Å². The number of aliphatic hydroxyl groups is 1. The topological polar surface area (TPSA) is 97.5 Å². The van der Waals surface area contributed by atoms with Crippen LogP contribution in [0.3, 0.4) is 0 Å². The molecule has 8 nitrogen and oxygen atoms in total. The van der Waals surface area contributed by atoms with Crippen LogP contribution in [0.1, 0.15) is 27.4 Å². The number of halogens is 3. The molecule has 0 saturated heterocycles. The third-order valence-corrected chi connectivity index (χ3v) is 5.30. The molecular formula is C23H22BClF2N4O4. The number of rotatable bonds is 7. The van der Waals surface area contributed by atoms with E-state index in [-0.39, 0.29) is 17.2 Å². The first-order valence-electron chi connectivity index (χ1n) is 10.3. The predicted octanol–water partition coefficient (Wildman–Crippen LogP) is 2.25. The lowest BCUT2D eigenvalue weighted by Gasteiger charge is -2.26. The summed E-state index contributed by atoms with van der Waals surface area (Å²) in [5, 5.41) is 10.3. The van der Waals surface area contributed by atoms with Gasteiger partial charge in [0.25, 0.3) is 5.56 Å². The molecule has 35 heavy (non-hydrogen) atoms. The quantitative estimate of drug-likeness (QED) is 0.229. The summed E-state index contributed by atoms with van der Waals surface area (Å²) < 4.78 is 34.1. The Morgan fingerprint density at radius 1 is 1.23 bits per heavy atom. The van der Waals surface area contributed by atoms with Gasteiger partial charge in [0, 0.05) is 50.4 Å². The summed E-state index contributed by atoms with van der Waals surface area (Å²) in [5.74, 6) is -2.66. The van der Waals surface area contributed by atoms with Crippen molar-refractivity contribution in [1.29, 1.82) is 0 Å². The fraction of sp³-hybridized carbons (Fsp3) is 0.217. The van der Waals surface area contributed by atoms with E-state index < -0.39 is 33.6 Å². The minimum absolute atomic E-state index is 0.118. The zero-order valence-corrected chi connectivity index (χ0v) is 20.4. The van der Waals surface area contributed by atoms with Crippen LogP contribution >= 0.6 is 11.6 Å². The van der Waals surface area contributed by atoms with Crippen molar-refractivity contribution in [3.63, 3.8) is 0 Å². The maximum absolute atomic E-state index is 14.2. The third-order valence-electron chi connectivity index (χ3n) is 4.95. The van der Waals surface area contributed by atoms with Gasteiger partial charge in [-0.3, -0.25) is 19.1 Å². The van der Waals surface area contributed by atoms with Crippen LogP contribution in [0.4, 0.5) is 8.78 Å². The Hall–Kier alpha value is -3.57. The lowest BCUT2D eigenvalue weighted by atomic mass is 9.90. The molecular weight excluding hydrogens is 481 g/mol. The summed E-state index contributed by atoms with van der Waals surface area (Å²) >= 11 is 6.28. The Bertz CT molecular complexity index is 1390. The fourth-order valence-corrected chi connectivity index (χ4v) is 3.44. The molecule has 182 valence electrons. The van der Waals surface area contributed by atoms with Gasteiger partial charge in [0.1, 0.15) is 28.0 Å². The second-order valence-electron chi connectivity index (χ2n) is 8.17. The minimum Gasteiger partial charge on any atom is -0.464 e. The molecule has 3 aromatic heterocycles. The van der Waals surface area contributed by atoms with Crippen LogP contribution in [-0.2, 0) is 5.69 Å². The largest absolute Gasteiger partial charge is 0.464 e. The molecule has 0 radical (unpaired) electrons. The standard InChI is InChI=1S/C23H22BClF2N4O4/c1-12-10-28-16(18(32)5-6-30(3)4)9-17(12)31-13(2)7-19(20(25)22(31)33)35-23(24,34)21-15(27)8-14(26)11-29-21/h5-11,34H,24H2,1-4H3/b6-5+. The maximum atomic E-state index is 14.2. The summed E-state index contributed by atoms with van der Waals surface area (Å²) in [6, 6.07) is 3.38. The van der Waals surface area contributed by atoms with Gasteiger partial charge in [-0.2, -0.15) is 0 Å². The van der Waals surface area contributed by atoms with E-state index in [0.29, 0.717) is 23.0 Å². The number of allylic oxidation sites excluding steroid dienone is 1. The molecule has 1 unspecified atom stereocenters. The summed E-state index contributed by atoms with van der Waals surface area (Å²) in [7, 11) is 4.62. The summed E-state index contributed by atoms with van der Waals surface area (Å²) in [6.07, 6.45) is 5.12. The Balaban J connectivity index is 2.05. The number of hydrogen-bond donors (Lipinski definition) is 1. The lowest BCUT2D eigenvalue weighted by Crippen LogP contribution is -2.36. The minimum atomic E-state index is -2.36. The molecule has 0 spiro atoms. The van der Waals surface area contributed by atoms with Crippen LogP contribution in [0.5, 0.6) is 5.75 Å². The summed E-state index contributed by atoms with van der Waals surface area (Å²) in [6.45, 7) is 3.30. The first kappa shape index (κ1) is 26.0. The molecule has 3 rings (SSSR count). The van der Waals surface area contributed by atoms with E-state index in [2.05, 4.69) is 9.97 Å². The zero-order chi connectivity index (χ0) is 26.1. The number of pyridine rings is 3. The van der Waals surface area contributed by atoms with E-state index in [1.165, 1.54) is 29.0 Å². The number of hydrogen-bond acceptors (Lipinski definition) is 7. The van der Waals surface area contributed by atoms with Gasteiger partial charge in [0.15, 0.2) is 5.82 Å². The van der Waals surface area contributed by atoms with Crippen molar-refractivity contribution < 1.29 is 23.4 Å². The summed E-state index contributed by atoms with van der Waals surface area (Å²) in [4.78, 5) is 35.1. The molecule has 0 aliphatic heterocycles. The van der Waals surface area contributed by atoms with Crippen molar-refractivity contribution in [3.05, 3.63) is 92.5 Å². The van der Waals surface area contributed by atoms with Gasteiger partial charge in [-0.25, -0.2) is 13.8 Å². The van der Waals surface area contributed by atoms with Gasteiger partial charge >= 0.3 is 0 Å². The zero-order valence-electron chi connectivity index (χ0n) is 19.6. The highest BCUT2D eigenvalue weighted by molar-refractivity contribution is 6.32. The van der Waals surface area contributed by atoms with Crippen molar-refractivity contribution >= 4 is 25.2 Å².